The van der Waals surface area contributed by atoms with E-state index >= 15 is 0 Å². The lowest BCUT2D eigenvalue weighted by Crippen LogP contribution is -2.36. The summed E-state index contributed by atoms with van der Waals surface area (Å²) in [5, 5.41) is 20.8. The van der Waals surface area contributed by atoms with Gasteiger partial charge in [-0.3, -0.25) is 23.3 Å². The number of ether oxygens (including phenoxy) is 3. The molecule has 0 aliphatic carbocycles. The van der Waals surface area contributed by atoms with Gasteiger partial charge in [-0.25, -0.2) is 9.11 Å². The molecule has 0 bridgehead atoms. The van der Waals surface area contributed by atoms with Crippen LogP contribution in [0.25, 0.3) is 0 Å². The molecule has 0 spiro atoms. The lowest BCUT2D eigenvalue weighted by molar-refractivity contribution is -0.246. The molecule has 0 radical (unpaired) electrons. The molecule has 20 heteroatoms. The summed E-state index contributed by atoms with van der Waals surface area (Å²) in [5.41, 5.74) is 4.56. The van der Waals surface area contributed by atoms with E-state index in [1.54, 1.807) is 0 Å². The van der Waals surface area contributed by atoms with Crippen molar-refractivity contribution in [2.45, 2.75) is 224 Å². The second-order valence-corrected chi connectivity index (χ2v) is 20.6. The lowest BCUT2D eigenvalue weighted by atomic mass is 10.1. The third kappa shape index (κ3) is 29.4. The van der Waals surface area contributed by atoms with Crippen LogP contribution in [0.2, 0.25) is 0 Å². The number of aliphatic hydroxyl groups excluding tert-OH is 2. The number of hydrogen-bond donors (Lipinski definition) is 3. The van der Waals surface area contributed by atoms with Crippen LogP contribution in [0.3, 0.4) is 0 Å². The van der Waals surface area contributed by atoms with Gasteiger partial charge in [-0.2, -0.15) is 4.98 Å². The highest BCUT2D eigenvalue weighted by Gasteiger charge is 2.45. The van der Waals surface area contributed by atoms with Crippen LogP contribution >= 0.6 is 15.6 Å². The van der Waals surface area contributed by atoms with E-state index in [1.165, 1.54) is 57.4 Å². The summed E-state index contributed by atoms with van der Waals surface area (Å²) in [7, 11) is -11.5. The molecule has 4 N–H and O–H groups in total. The predicted molar refractivity (Wildman–Crippen MR) is 257 cm³/mol. The number of allylic oxidation sites excluding steroid dienone is 4. The summed E-state index contributed by atoms with van der Waals surface area (Å²) < 4.78 is 55.8. The molecule has 2 unspecified atom stereocenters. The minimum atomic E-state index is -5.73. The smallest absolute Gasteiger partial charge is 0.351 e. The van der Waals surface area contributed by atoms with Crippen LogP contribution in [-0.2, 0) is 46.3 Å². The van der Waals surface area contributed by atoms with Crippen molar-refractivity contribution < 1.29 is 66.3 Å². The number of phosphoric ester groups is 2. The summed E-state index contributed by atoms with van der Waals surface area (Å²) >= 11 is 0. The number of carbonyl (C=O) groups excluding carboxylic acids is 2. The number of unbranched alkanes of at least 4 members (excludes halogenated alkanes) is 22. The maximum Gasteiger partial charge on any atom is 0.351 e. The minimum Gasteiger partial charge on any atom is -0.756 e. The van der Waals surface area contributed by atoms with Gasteiger partial charge in [0.25, 0.3) is 15.6 Å². The SMILES string of the molecule is CCCCCC/C=C\CCCCCCCCCC(=O)OC[C@H](COP(=O)([O-])OP(=O)([O-])OC[C@H]1O[C@@H](n2ccc(N)nc2=O)[C@H](O)[C@@H]1O)OC(=O)CCCCCCCCC/C=C\CCCCCC. The van der Waals surface area contributed by atoms with Crippen molar-refractivity contribution in [3.63, 3.8) is 0 Å². The topological polar surface area (TPSA) is 271 Å². The highest BCUT2D eigenvalue weighted by atomic mass is 31.3. The molecule has 0 saturated carbocycles. The number of rotatable bonds is 42. The van der Waals surface area contributed by atoms with E-state index in [0.29, 0.717) is 12.8 Å². The third-order valence-corrected chi connectivity index (χ3v) is 14.0. The quantitative estimate of drug-likeness (QED) is 0.0238. The van der Waals surface area contributed by atoms with Crippen LogP contribution in [0.4, 0.5) is 5.82 Å². The third-order valence-electron chi connectivity index (χ3n) is 11.5. The van der Waals surface area contributed by atoms with Gasteiger partial charge in [0.05, 0.1) is 13.2 Å². The van der Waals surface area contributed by atoms with Gasteiger partial charge in [0.1, 0.15) is 30.7 Å². The van der Waals surface area contributed by atoms with E-state index in [-0.39, 0.29) is 18.7 Å². The van der Waals surface area contributed by atoms with Crippen LogP contribution in [0.1, 0.15) is 200 Å². The second kappa shape index (κ2) is 37.1. The Morgan fingerprint density at radius 3 is 1.66 bits per heavy atom. The van der Waals surface area contributed by atoms with Gasteiger partial charge in [0.2, 0.25) is 0 Å². The molecule has 1 aromatic rings. The fourth-order valence-electron chi connectivity index (χ4n) is 7.52. The molecule has 2 heterocycles. The zero-order valence-corrected chi connectivity index (χ0v) is 42.6. The first-order valence-corrected chi connectivity index (χ1v) is 28.2. The van der Waals surface area contributed by atoms with Crippen molar-refractivity contribution in [3.05, 3.63) is 47.1 Å². The first kappa shape index (κ1) is 61.4. The number of anilines is 1. The number of phosphoric acid groups is 2. The van der Waals surface area contributed by atoms with Crippen molar-refractivity contribution in [3.8, 4) is 0 Å². The molecule has 0 amide bonds. The number of nitrogens with two attached hydrogens (primary N) is 1. The zero-order chi connectivity index (χ0) is 49.9. The molecule has 1 fully saturated rings. The van der Waals surface area contributed by atoms with Crippen molar-refractivity contribution >= 4 is 33.4 Å². The molecule has 2 rings (SSSR count). The maximum absolute atomic E-state index is 12.8. The van der Waals surface area contributed by atoms with E-state index in [0.717, 1.165) is 113 Å². The van der Waals surface area contributed by atoms with Gasteiger partial charge in [-0.15, -0.1) is 0 Å². The average Bonchev–Trinajstić information content (AvgIpc) is 3.57. The van der Waals surface area contributed by atoms with Crippen molar-refractivity contribution in [1.82, 2.24) is 9.55 Å². The highest BCUT2D eigenvalue weighted by molar-refractivity contribution is 7.59. The van der Waals surface area contributed by atoms with E-state index in [4.69, 9.17) is 24.5 Å². The van der Waals surface area contributed by atoms with Gasteiger partial charge in [-0.1, -0.05) is 141 Å². The van der Waals surface area contributed by atoms with Crippen molar-refractivity contribution in [2.24, 2.45) is 0 Å². The second-order valence-electron chi connectivity index (χ2n) is 17.6. The summed E-state index contributed by atoms with van der Waals surface area (Å²) in [6.45, 7) is 1.90. The number of carbonyl (C=O) groups is 2. The number of esters is 2. The summed E-state index contributed by atoms with van der Waals surface area (Å²) in [5.74, 6) is -1.37. The highest BCUT2D eigenvalue weighted by Crippen LogP contribution is 2.56. The van der Waals surface area contributed by atoms with E-state index < -0.39 is 83.7 Å². The van der Waals surface area contributed by atoms with E-state index in [9.17, 15) is 43.5 Å². The van der Waals surface area contributed by atoms with Gasteiger partial charge < -0.3 is 49.0 Å². The van der Waals surface area contributed by atoms with Gasteiger partial charge in [0, 0.05) is 19.0 Å². The Morgan fingerprint density at radius 2 is 1.16 bits per heavy atom. The molecule has 0 aromatic carbocycles. The van der Waals surface area contributed by atoms with Crippen LogP contribution in [0.5, 0.6) is 0 Å². The van der Waals surface area contributed by atoms with Crippen LogP contribution in [0.15, 0.2) is 41.4 Å². The van der Waals surface area contributed by atoms with E-state index in [1.807, 2.05) is 0 Å². The molecule has 1 aliphatic rings. The molecule has 1 saturated heterocycles. The average molecular weight is 1000 g/mol. The van der Waals surface area contributed by atoms with Crippen LogP contribution in [-0.4, -0.2) is 75.9 Å². The number of nitrogens with zero attached hydrogens (tertiary/aromatic N) is 2. The Balaban J connectivity index is 1.80. The predicted octanol–water partition coefficient (Wildman–Crippen LogP) is 8.96. The Bertz CT molecular complexity index is 1730. The van der Waals surface area contributed by atoms with Crippen molar-refractivity contribution in [2.75, 3.05) is 25.6 Å². The maximum atomic E-state index is 12.8. The summed E-state index contributed by atoms with van der Waals surface area (Å²) in [6.07, 6.45) is 30.5. The number of aromatic nitrogens is 2. The van der Waals surface area contributed by atoms with E-state index in [2.05, 4.69) is 52.0 Å². The minimum absolute atomic E-state index is 0.0204. The molecule has 1 aliphatic heterocycles. The number of nitrogen functional groups attached to an aromatic ring is 1. The van der Waals surface area contributed by atoms with Gasteiger partial charge in [-0.05, 0) is 70.3 Å². The molecule has 18 nitrogen and oxygen atoms in total. The Kier molecular flexibility index (Phi) is 33.5. The molecule has 392 valence electrons. The Morgan fingerprint density at radius 1 is 0.706 bits per heavy atom. The van der Waals surface area contributed by atoms with Gasteiger partial charge in [0.15, 0.2) is 12.3 Å². The summed E-state index contributed by atoms with van der Waals surface area (Å²) in [4.78, 5) is 66.4. The number of aliphatic hydroxyl groups is 2. The normalized spacial score (nSPS) is 19.6. The summed E-state index contributed by atoms with van der Waals surface area (Å²) in [6, 6.07) is 1.23. The first-order valence-electron chi connectivity index (χ1n) is 25.3. The first-order chi connectivity index (χ1) is 32.7. The molecule has 68 heavy (non-hydrogen) atoms. The van der Waals surface area contributed by atoms with Crippen LogP contribution in [0, 0.1) is 0 Å². The number of hydrogen-bond acceptors (Lipinski definition) is 17. The molecule has 1 aromatic heterocycles. The molecular weight excluding hydrogens is 920 g/mol. The van der Waals surface area contributed by atoms with Crippen LogP contribution < -0.4 is 21.2 Å². The molecular formula is C48H83N3O15P2-2. The monoisotopic (exact) mass is 1000 g/mol. The Labute approximate surface area is 405 Å². The standard InChI is InChI=1S/C48H85N3O15P2/c1-3-5-7-9-11-13-15-17-19-21-23-25-27-29-31-33-43(52)61-37-40(64-44(53)34-32-30-28-26-24-22-20-18-16-14-12-10-8-6-4-2)38-62-67(57,58)66-68(59,60)63-39-41-45(54)46(55)47(65-41)51-36-35-42(49)50-48(51)56/h13-16,35-36,40-41,45-47,54-55H,3-12,17-34,37-39H2,1-2H3,(H,57,58)(H,59,60)(H2,49,50,56)/p-2/b15-13-,16-14-/t40-,41-,45-,46-,47-/m1/s1. The molecule has 7 atom stereocenters. The van der Waals surface area contributed by atoms with Gasteiger partial charge >= 0.3 is 17.6 Å². The lowest BCUT2D eigenvalue weighted by Gasteiger charge is -2.32. The van der Waals surface area contributed by atoms with Crippen molar-refractivity contribution in [1.29, 1.82) is 0 Å². The Hall–Kier alpha value is -2.76. The fraction of sp³-hybridized carbons (Fsp3) is 0.792. The fourth-order valence-corrected chi connectivity index (χ4v) is 9.56. The zero-order valence-electron chi connectivity index (χ0n) is 40.8. The largest absolute Gasteiger partial charge is 0.756 e.